The molecule has 10 heteroatoms. The van der Waals surface area contributed by atoms with Crippen molar-refractivity contribution in [3.05, 3.63) is 62.3 Å². The Kier molecular flexibility index (Phi) is 6.73. The van der Waals surface area contributed by atoms with Crippen molar-refractivity contribution in [2.24, 2.45) is 0 Å². The number of aliphatic hydroxyl groups excluding tert-OH is 1. The summed E-state index contributed by atoms with van der Waals surface area (Å²) in [5.41, 5.74) is -0.0104. The SMILES string of the molecule is CCN1CCC(c2c(O)cc(O)c3c(=O)cc(-c4cccc([N+](=O)[O-])c4)oc23)C1CO.Cl. The van der Waals surface area contributed by atoms with Gasteiger partial charge in [-0.15, -0.1) is 12.4 Å². The van der Waals surface area contributed by atoms with E-state index in [1.807, 2.05) is 6.92 Å². The first-order valence-corrected chi connectivity index (χ1v) is 9.98. The highest BCUT2D eigenvalue weighted by atomic mass is 35.5. The largest absolute Gasteiger partial charge is 0.507 e. The summed E-state index contributed by atoms with van der Waals surface area (Å²) in [6, 6.07) is 7.67. The summed E-state index contributed by atoms with van der Waals surface area (Å²) >= 11 is 0. The summed E-state index contributed by atoms with van der Waals surface area (Å²) in [6.07, 6.45) is 0.622. The number of phenolic OH excluding ortho intramolecular Hbond substituents is 2. The number of rotatable bonds is 5. The Morgan fingerprint density at radius 2 is 1.97 bits per heavy atom. The molecule has 2 unspecified atom stereocenters. The zero-order valence-electron chi connectivity index (χ0n) is 17.2. The maximum absolute atomic E-state index is 12.9. The minimum absolute atomic E-state index is 0. The number of hydrogen-bond acceptors (Lipinski definition) is 8. The molecule has 9 nitrogen and oxygen atoms in total. The highest BCUT2D eigenvalue weighted by Gasteiger charge is 2.37. The van der Waals surface area contributed by atoms with Crippen molar-refractivity contribution in [3.8, 4) is 22.8 Å². The topological polar surface area (TPSA) is 137 Å². The first kappa shape index (κ1) is 23.5. The van der Waals surface area contributed by atoms with Crippen molar-refractivity contribution in [1.29, 1.82) is 0 Å². The molecule has 3 N–H and O–H groups in total. The van der Waals surface area contributed by atoms with Gasteiger partial charge in [-0.3, -0.25) is 19.8 Å². The van der Waals surface area contributed by atoms with Gasteiger partial charge in [0, 0.05) is 47.4 Å². The van der Waals surface area contributed by atoms with Crippen LogP contribution in [0, 0.1) is 10.1 Å². The zero-order chi connectivity index (χ0) is 22.3. The van der Waals surface area contributed by atoms with Gasteiger partial charge in [0.05, 0.1) is 11.5 Å². The van der Waals surface area contributed by atoms with Crippen molar-refractivity contribution >= 4 is 29.1 Å². The first-order chi connectivity index (χ1) is 14.8. The minimum Gasteiger partial charge on any atom is -0.507 e. The number of fused-ring (bicyclic) bond motifs is 1. The van der Waals surface area contributed by atoms with E-state index in [0.717, 1.165) is 6.07 Å². The molecule has 4 rings (SSSR count). The molecule has 2 atom stereocenters. The molecule has 2 aromatic carbocycles. The maximum Gasteiger partial charge on any atom is 0.270 e. The van der Waals surface area contributed by atoms with E-state index in [-0.39, 0.29) is 59.1 Å². The van der Waals surface area contributed by atoms with Gasteiger partial charge in [-0.25, -0.2) is 0 Å². The van der Waals surface area contributed by atoms with E-state index in [1.165, 1.54) is 24.3 Å². The molecule has 0 spiro atoms. The maximum atomic E-state index is 12.9. The fourth-order valence-electron chi connectivity index (χ4n) is 4.48. The van der Waals surface area contributed by atoms with E-state index in [4.69, 9.17) is 4.42 Å². The molecule has 1 saturated heterocycles. The standard InChI is InChI=1S/C22H22N2O7.ClH/c1-2-23-7-6-14(15(23)11-25)20-16(26)9-17(27)21-18(28)10-19(31-22(20)21)12-4-3-5-13(8-12)24(29)30;/h3-5,8-10,14-15,25-27H,2,6-7,11H2,1H3;1H. The van der Waals surface area contributed by atoms with Crippen LogP contribution in [-0.4, -0.2) is 50.9 Å². The molecule has 0 aliphatic carbocycles. The molecule has 2 heterocycles. The van der Waals surface area contributed by atoms with Crippen LogP contribution in [0.5, 0.6) is 11.5 Å². The summed E-state index contributed by atoms with van der Waals surface area (Å²) in [6.45, 7) is 3.24. The lowest BCUT2D eigenvalue weighted by atomic mass is 9.89. The number of nitrogens with zero attached hydrogens (tertiary/aromatic N) is 2. The monoisotopic (exact) mass is 462 g/mol. The molecule has 170 valence electrons. The van der Waals surface area contributed by atoms with Crippen LogP contribution in [0.3, 0.4) is 0 Å². The van der Waals surface area contributed by atoms with Crippen LogP contribution in [0.25, 0.3) is 22.3 Å². The lowest BCUT2D eigenvalue weighted by Gasteiger charge is -2.26. The van der Waals surface area contributed by atoms with Gasteiger partial charge in [-0.1, -0.05) is 19.1 Å². The molecule has 0 saturated carbocycles. The lowest BCUT2D eigenvalue weighted by Crippen LogP contribution is -2.35. The fraction of sp³-hybridized carbons (Fsp3) is 0.318. The van der Waals surface area contributed by atoms with E-state index in [1.54, 1.807) is 6.07 Å². The second-order valence-electron chi connectivity index (χ2n) is 7.59. The van der Waals surface area contributed by atoms with Crippen molar-refractivity contribution in [2.45, 2.75) is 25.3 Å². The Bertz CT molecular complexity index is 1230. The van der Waals surface area contributed by atoms with Gasteiger partial charge in [-0.2, -0.15) is 0 Å². The second kappa shape index (κ2) is 9.15. The van der Waals surface area contributed by atoms with Gasteiger partial charge < -0.3 is 19.7 Å². The van der Waals surface area contributed by atoms with Gasteiger partial charge >= 0.3 is 0 Å². The van der Waals surface area contributed by atoms with Crippen molar-refractivity contribution < 1.29 is 24.7 Å². The molecule has 3 aromatic rings. The van der Waals surface area contributed by atoms with Gasteiger partial charge in [0.1, 0.15) is 28.2 Å². The Hall–Kier alpha value is -3.14. The van der Waals surface area contributed by atoms with Crippen LogP contribution in [0.1, 0.15) is 24.8 Å². The zero-order valence-corrected chi connectivity index (χ0v) is 18.0. The van der Waals surface area contributed by atoms with E-state index in [0.29, 0.717) is 30.6 Å². The van der Waals surface area contributed by atoms with E-state index in [2.05, 4.69) is 4.90 Å². The number of hydrogen-bond donors (Lipinski definition) is 3. The van der Waals surface area contributed by atoms with Gasteiger partial charge in [-0.05, 0) is 19.5 Å². The number of non-ortho nitro benzene ring substituents is 1. The summed E-state index contributed by atoms with van der Waals surface area (Å²) in [7, 11) is 0. The number of likely N-dealkylation sites (tertiary alicyclic amines) is 1. The lowest BCUT2D eigenvalue weighted by molar-refractivity contribution is -0.384. The average Bonchev–Trinajstić information content (AvgIpc) is 3.15. The van der Waals surface area contributed by atoms with Gasteiger partial charge in [0.2, 0.25) is 0 Å². The number of halogens is 1. The van der Waals surface area contributed by atoms with Crippen molar-refractivity contribution in [2.75, 3.05) is 19.7 Å². The molecule has 1 fully saturated rings. The fourth-order valence-corrected chi connectivity index (χ4v) is 4.48. The molecule has 0 radical (unpaired) electrons. The van der Waals surface area contributed by atoms with Crippen LogP contribution in [0.2, 0.25) is 0 Å². The normalized spacial score (nSPS) is 18.6. The Morgan fingerprint density at radius 1 is 1.22 bits per heavy atom. The molecule has 0 amide bonds. The highest BCUT2D eigenvalue weighted by molar-refractivity contribution is 5.90. The number of nitro groups is 1. The number of benzene rings is 2. The molecule has 1 aliphatic rings. The quantitative estimate of drug-likeness (QED) is 0.387. The van der Waals surface area contributed by atoms with Crippen LogP contribution >= 0.6 is 12.4 Å². The van der Waals surface area contributed by atoms with Crippen LogP contribution in [0.15, 0.2) is 45.6 Å². The summed E-state index contributed by atoms with van der Waals surface area (Å²) in [5.74, 6) is -0.887. The number of aliphatic hydroxyl groups is 1. The Labute approximate surface area is 189 Å². The first-order valence-electron chi connectivity index (χ1n) is 9.98. The molecule has 0 bridgehead atoms. The Morgan fingerprint density at radius 3 is 2.62 bits per heavy atom. The third-order valence-corrected chi connectivity index (χ3v) is 5.96. The number of nitro benzene ring substituents is 1. The molecular weight excluding hydrogens is 440 g/mol. The smallest absolute Gasteiger partial charge is 0.270 e. The molecule has 32 heavy (non-hydrogen) atoms. The van der Waals surface area contributed by atoms with Gasteiger partial charge in [0.25, 0.3) is 5.69 Å². The summed E-state index contributed by atoms with van der Waals surface area (Å²) < 4.78 is 5.99. The molecule has 1 aliphatic heterocycles. The van der Waals surface area contributed by atoms with Crippen molar-refractivity contribution in [3.63, 3.8) is 0 Å². The van der Waals surface area contributed by atoms with Crippen LogP contribution in [0.4, 0.5) is 5.69 Å². The predicted octanol–water partition coefficient (Wildman–Crippen LogP) is 3.37. The molecule has 1 aromatic heterocycles. The van der Waals surface area contributed by atoms with E-state index < -0.39 is 16.1 Å². The average molecular weight is 463 g/mol. The predicted molar refractivity (Wildman–Crippen MR) is 121 cm³/mol. The van der Waals surface area contributed by atoms with Crippen LogP contribution in [-0.2, 0) is 0 Å². The third-order valence-electron chi connectivity index (χ3n) is 5.96. The van der Waals surface area contributed by atoms with Gasteiger partial charge in [0.15, 0.2) is 5.43 Å². The van der Waals surface area contributed by atoms with E-state index >= 15 is 0 Å². The minimum atomic E-state index is -0.546. The van der Waals surface area contributed by atoms with Crippen molar-refractivity contribution in [1.82, 2.24) is 4.90 Å². The van der Waals surface area contributed by atoms with E-state index in [9.17, 15) is 30.2 Å². The summed E-state index contributed by atoms with van der Waals surface area (Å²) in [5, 5.41) is 42.0. The number of likely N-dealkylation sites (N-methyl/N-ethyl adjacent to an activating group) is 1. The third kappa shape index (κ3) is 3.90. The second-order valence-corrected chi connectivity index (χ2v) is 7.59. The number of aromatic hydroxyl groups is 2. The highest BCUT2D eigenvalue weighted by Crippen LogP contribution is 2.44. The molecular formula is C22H23ClN2O7. The van der Waals surface area contributed by atoms with Crippen LogP contribution < -0.4 is 5.43 Å². The Balaban J connectivity index is 0.00000289. The summed E-state index contributed by atoms with van der Waals surface area (Å²) in [4.78, 5) is 25.5. The number of phenols is 2.